The van der Waals surface area contributed by atoms with Crippen molar-refractivity contribution < 1.29 is 9.59 Å². The van der Waals surface area contributed by atoms with Crippen LogP contribution in [-0.4, -0.2) is 47.3 Å². The van der Waals surface area contributed by atoms with E-state index >= 15 is 0 Å². The van der Waals surface area contributed by atoms with Crippen LogP contribution in [0.5, 0.6) is 0 Å². The summed E-state index contributed by atoms with van der Waals surface area (Å²) in [6, 6.07) is 1.94. The second-order valence-electron chi connectivity index (χ2n) is 5.96. The first-order chi connectivity index (χ1) is 10.5. The van der Waals surface area contributed by atoms with Gasteiger partial charge in [-0.1, -0.05) is 0 Å². The molecule has 2 amide bonds. The Balaban J connectivity index is 1.94. The van der Waals surface area contributed by atoms with Crippen LogP contribution in [0.3, 0.4) is 0 Å². The summed E-state index contributed by atoms with van der Waals surface area (Å²) < 4.78 is 1.75. The summed E-state index contributed by atoms with van der Waals surface area (Å²) in [6.45, 7) is 5.73. The third-order valence-electron chi connectivity index (χ3n) is 3.88. The highest BCUT2D eigenvalue weighted by atomic mass is 16.2. The molecule has 122 valence electrons. The second-order valence-corrected chi connectivity index (χ2v) is 5.96. The maximum Gasteiger partial charge on any atom is 0.248 e. The first-order valence-corrected chi connectivity index (χ1v) is 7.83. The Bertz CT molecular complexity index is 492. The topological polar surface area (TPSA) is 88.1 Å². The molecule has 0 spiro atoms. The molecule has 1 aromatic heterocycles. The Morgan fingerprint density at radius 1 is 1.36 bits per heavy atom. The van der Waals surface area contributed by atoms with E-state index in [4.69, 9.17) is 0 Å². The van der Waals surface area contributed by atoms with Gasteiger partial charge in [-0.15, -0.1) is 0 Å². The van der Waals surface area contributed by atoms with E-state index in [1.54, 1.807) is 10.9 Å². The monoisotopic (exact) mass is 307 g/mol. The minimum Gasteiger partial charge on any atom is -0.354 e. The normalized spacial score (nSPS) is 17.2. The van der Waals surface area contributed by atoms with E-state index in [9.17, 15) is 9.59 Å². The van der Waals surface area contributed by atoms with Gasteiger partial charge < -0.3 is 16.0 Å². The van der Waals surface area contributed by atoms with Crippen LogP contribution >= 0.6 is 0 Å². The van der Waals surface area contributed by atoms with Crippen molar-refractivity contribution in [2.75, 3.05) is 19.6 Å². The molecule has 0 radical (unpaired) electrons. The zero-order valence-corrected chi connectivity index (χ0v) is 13.3. The van der Waals surface area contributed by atoms with Crippen LogP contribution in [0.1, 0.15) is 33.1 Å². The molecule has 1 aliphatic heterocycles. The smallest absolute Gasteiger partial charge is 0.248 e. The van der Waals surface area contributed by atoms with Crippen LogP contribution in [0.15, 0.2) is 18.5 Å². The van der Waals surface area contributed by atoms with E-state index in [0.29, 0.717) is 19.4 Å². The van der Waals surface area contributed by atoms with Crippen molar-refractivity contribution in [3.63, 3.8) is 0 Å². The number of aromatic nitrogens is 2. The maximum absolute atomic E-state index is 12.7. The predicted molar refractivity (Wildman–Crippen MR) is 83.2 cm³/mol. The van der Waals surface area contributed by atoms with Gasteiger partial charge in [0.25, 0.3) is 0 Å². The average Bonchev–Trinajstić information content (AvgIpc) is 3.01. The lowest BCUT2D eigenvalue weighted by Crippen LogP contribution is -2.55. The van der Waals surface area contributed by atoms with Gasteiger partial charge in [-0.25, -0.2) is 0 Å². The van der Waals surface area contributed by atoms with Gasteiger partial charge in [0, 0.05) is 31.4 Å². The highest BCUT2D eigenvalue weighted by Gasteiger charge is 2.41. The van der Waals surface area contributed by atoms with Gasteiger partial charge in [0.2, 0.25) is 11.8 Å². The van der Waals surface area contributed by atoms with Gasteiger partial charge >= 0.3 is 0 Å². The van der Waals surface area contributed by atoms with Crippen LogP contribution in [0, 0.1) is 0 Å². The SMILES string of the molecule is CC(C)NC(=O)CCNC(=O)C1(n2cccn2)CCNCC1. The summed E-state index contributed by atoms with van der Waals surface area (Å²) in [5.41, 5.74) is -0.650. The van der Waals surface area contributed by atoms with Crippen molar-refractivity contribution in [2.45, 2.75) is 44.7 Å². The molecule has 1 fully saturated rings. The number of carbonyl (C=O) groups excluding carboxylic acids is 2. The molecule has 0 aromatic carbocycles. The van der Waals surface area contributed by atoms with Gasteiger partial charge in [0.15, 0.2) is 0 Å². The fourth-order valence-corrected chi connectivity index (χ4v) is 2.77. The van der Waals surface area contributed by atoms with Crippen LogP contribution in [0.25, 0.3) is 0 Å². The molecule has 0 bridgehead atoms. The third kappa shape index (κ3) is 3.85. The molecule has 0 atom stereocenters. The predicted octanol–water partition coefficient (Wildman–Crippen LogP) is -0.00730. The molecule has 2 rings (SSSR count). The molecule has 3 N–H and O–H groups in total. The van der Waals surface area contributed by atoms with Crippen LogP contribution in [0.2, 0.25) is 0 Å². The summed E-state index contributed by atoms with van der Waals surface area (Å²) in [5, 5.41) is 13.2. The summed E-state index contributed by atoms with van der Waals surface area (Å²) in [7, 11) is 0. The van der Waals surface area contributed by atoms with Crippen molar-refractivity contribution >= 4 is 11.8 Å². The number of rotatable bonds is 6. The lowest BCUT2D eigenvalue weighted by molar-refractivity contribution is -0.132. The fourth-order valence-electron chi connectivity index (χ4n) is 2.77. The summed E-state index contributed by atoms with van der Waals surface area (Å²) in [6.07, 6.45) is 5.19. The quantitative estimate of drug-likeness (QED) is 0.690. The molecule has 0 saturated carbocycles. The molecule has 0 aliphatic carbocycles. The minimum atomic E-state index is -0.650. The van der Waals surface area contributed by atoms with Crippen molar-refractivity contribution in [1.82, 2.24) is 25.7 Å². The van der Waals surface area contributed by atoms with E-state index in [1.807, 2.05) is 26.1 Å². The van der Waals surface area contributed by atoms with Crippen molar-refractivity contribution in [3.05, 3.63) is 18.5 Å². The Kier molecular flexibility index (Phi) is 5.54. The van der Waals surface area contributed by atoms with E-state index < -0.39 is 5.54 Å². The van der Waals surface area contributed by atoms with Crippen LogP contribution < -0.4 is 16.0 Å². The Morgan fingerprint density at radius 3 is 2.68 bits per heavy atom. The minimum absolute atomic E-state index is 0.0475. The molecule has 1 saturated heterocycles. The lowest BCUT2D eigenvalue weighted by atomic mass is 9.87. The van der Waals surface area contributed by atoms with Gasteiger partial charge in [0.1, 0.15) is 5.54 Å². The Morgan fingerprint density at radius 2 is 2.09 bits per heavy atom. The summed E-state index contributed by atoms with van der Waals surface area (Å²) >= 11 is 0. The zero-order chi connectivity index (χ0) is 16.0. The van der Waals surface area contributed by atoms with Crippen molar-refractivity contribution in [2.24, 2.45) is 0 Å². The Hall–Kier alpha value is -1.89. The molecule has 2 heterocycles. The molecule has 1 aromatic rings. The highest BCUT2D eigenvalue weighted by molar-refractivity contribution is 5.85. The number of piperidine rings is 1. The van der Waals surface area contributed by atoms with Crippen molar-refractivity contribution in [1.29, 1.82) is 0 Å². The van der Waals surface area contributed by atoms with E-state index in [1.165, 1.54) is 0 Å². The summed E-state index contributed by atoms with van der Waals surface area (Å²) in [5.74, 6) is -0.108. The van der Waals surface area contributed by atoms with E-state index in [2.05, 4.69) is 21.0 Å². The van der Waals surface area contributed by atoms with E-state index in [-0.39, 0.29) is 24.3 Å². The maximum atomic E-state index is 12.7. The molecule has 1 aliphatic rings. The third-order valence-corrected chi connectivity index (χ3v) is 3.88. The molecule has 7 heteroatoms. The largest absolute Gasteiger partial charge is 0.354 e. The van der Waals surface area contributed by atoms with Gasteiger partial charge in [-0.2, -0.15) is 5.10 Å². The molecule has 7 nitrogen and oxygen atoms in total. The molecule has 22 heavy (non-hydrogen) atoms. The molecular formula is C15H25N5O2. The van der Waals surface area contributed by atoms with Crippen molar-refractivity contribution in [3.8, 4) is 0 Å². The first kappa shape index (κ1) is 16.5. The lowest BCUT2D eigenvalue weighted by Gasteiger charge is -2.36. The van der Waals surface area contributed by atoms with E-state index in [0.717, 1.165) is 13.1 Å². The molecular weight excluding hydrogens is 282 g/mol. The van der Waals surface area contributed by atoms with Crippen LogP contribution in [0.4, 0.5) is 0 Å². The number of carbonyl (C=O) groups is 2. The Labute approximate surface area is 130 Å². The standard InChI is InChI=1S/C15H25N5O2/c1-12(2)19-13(21)4-8-17-14(22)15(5-9-16-10-6-15)20-11-3-7-18-20/h3,7,11-12,16H,4-6,8-10H2,1-2H3,(H,17,22)(H,19,21). The van der Waals surface area contributed by atoms with Gasteiger partial charge in [-0.3, -0.25) is 14.3 Å². The number of hydrogen-bond acceptors (Lipinski definition) is 4. The summed E-state index contributed by atoms with van der Waals surface area (Å²) in [4.78, 5) is 24.3. The number of nitrogens with one attached hydrogen (secondary N) is 3. The fraction of sp³-hybridized carbons (Fsp3) is 0.667. The number of amides is 2. The van der Waals surface area contributed by atoms with Gasteiger partial charge in [0.05, 0.1) is 0 Å². The molecule has 0 unspecified atom stereocenters. The highest BCUT2D eigenvalue weighted by Crippen LogP contribution is 2.27. The average molecular weight is 307 g/mol. The second kappa shape index (κ2) is 7.40. The zero-order valence-electron chi connectivity index (χ0n) is 13.3. The van der Waals surface area contributed by atoms with Crippen LogP contribution in [-0.2, 0) is 15.1 Å². The number of hydrogen-bond donors (Lipinski definition) is 3. The number of nitrogens with zero attached hydrogens (tertiary/aromatic N) is 2. The first-order valence-electron chi connectivity index (χ1n) is 7.83. The van der Waals surface area contributed by atoms with Gasteiger partial charge in [-0.05, 0) is 45.8 Å².